The summed E-state index contributed by atoms with van der Waals surface area (Å²) in [6, 6.07) is 0. The van der Waals surface area contributed by atoms with Gasteiger partial charge in [-0.15, -0.1) is 0 Å². The third-order valence-corrected chi connectivity index (χ3v) is 4.45. The van der Waals surface area contributed by atoms with Crippen molar-refractivity contribution < 1.29 is 0 Å². The Morgan fingerprint density at radius 2 is 2.11 bits per heavy atom. The van der Waals surface area contributed by atoms with Crippen LogP contribution in [0.3, 0.4) is 0 Å². The highest BCUT2D eigenvalue weighted by molar-refractivity contribution is 14.1. The van der Waals surface area contributed by atoms with Crippen LogP contribution >= 0.6 is 45.2 Å². The molecule has 1 rings (SSSR count). The Balaban J connectivity index is 2.72. The van der Waals surface area contributed by atoms with E-state index in [9.17, 15) is 0 Å². The monoisotopic (exact) mass is 346 g/mol. The number of hydrogen-bond acceptors (Lipinski definition) is 0. The van der Waals surface area contributed by atoms with Crippen LogP contribution in [0.1, 0.15) is 19.3 Å². The van der Waals surface area contributed by atoms with Crippen molar-refractivity contribution in [1.29, 1.82) is 0 Å². The SMILES string of the molecule is IC1=C(I)CCCC=C1. The zero-order chi connectivity index (χ0) is 6.69. The fraction of sp³-hybridized carbons (Fsp3) is 0.429. The molecule has 0 fully saturated rings. The van der Waals surface area contributed by atoms with Gasteiger partial charge in [-0.05, 0) is 64.4 Å². The number of allylic oxidation sites excluding steroid dienone is 4. The molecule has 0 atom stereocenters. The molecular formula is C7H8I2. The van der Waals surface area contributed by atoms with Gasteiger partial charge in [-0.1, -0.05) is 12.2 Å². The molecule has 0 bridgehead atoms. The van der Waals surface area contributed by atoms with Crippen LogP contribution in [0.25, 0.3) is 0 Å². The van der Waals surface area contributed by atoms with Crippen LogP contribution < -0.4 is 0 Å². The van der Waals surface area contributed by atoms with Gasteiger partial charge in [0.1, 0.15) is 0 Å². The lowest BCUT2D eigenvalue weighted by Crippen LogP contribution is -1.70. The van der Waals surface area contributed by atoms with E-state index in [1.165, 1.54) is 26.4 Å². The quantitative estimate of drug-likeness (QED) is 0.586. The fourth-order valence-corrected chi connectivity index (χ4v) is 1.86. The van der Waals surface area contributed by atoms with Gasteiger partial charge in [0.15, 0.2) is 0 Å². The smallest absolute Gasteiger partial charge is 0.0219 e. The Bertz CT molecular complexity index is 156. The average molecular weight is 346 g/mol. The van der Waals surface area contributed by atoms with Crippen LogP contribution in [0, 0.1) is 0 Å². The van der Waals surface area contributed by atoms with Crippen molar-refractivity contribution in [3.05, 3.63) is 19.3 Å². The van der Waals surface area contributed by atoms with Gasteiger partial charge in [-0.2, -0.15) is 0 Å². The molecule has 0 aromatic carbocycles. The highest BCUT2D eigenvalue weighted by Gasteiger charge is 1.99. The highest BCUT2D eigenvalue weighted by Crippen LogP contribution is 2.27. The molecule has 0 aliphatic heterocycles. The van der Waals surface area contributed by atoms with E-state index < -0.39 is 0 Å². The molecule has 1 aliphatic rings. The predicted octanol–water partition coefficient (Wildman–Crippen LogP) is 3.81. The molecule has 0 saturated heterocycles. The maximum absolute atomic E-state index is 2.43. The van der Waals surface area contributed by atoms with E-state index in [1.54, 1.807) is 0 Å². The summed E-state index contributed by atoms with van der Waals surface area (Å²) in [7, 11) is 0. The first kappa shape index (κ1) is 8.04. The molecule has 9 heavy (non-hydrogen) atoms. The third kappa shape index (κ3) is 2.57. The summed E-state index contributed by atoms with van der Waals surface area (Å²) in [5.41, 5.74) is 0. The van der Waals surface area contributed by atoms with E-state index >= 15 is 0 Å². The van der Waals surface area contributed by atoms with Crippen molar-refractivity contribution in [1.82, 2.24) is 0 Å². The van der Waals surface area contributed by atoms with Crippen LogP contribution in [0.4, 0.5) is 0 Å². The van der Waals surface area contributed by atoms with Crippen molar-refractivity contribution in [2.45, 2.75) is 19.3 Å². The number of halogens is 2. The number of rotatable bonds is 0. The standard InChI is InChI=1S/C7H8I2/c8-6-4-2-1-3-5-7(6)9/h2,4H,1,3,5H2. The molecule has 0 amide bonds. The molecule has 0 N–H and O–H groups in total. The van der Waals surface area contributed by atoms with Crippen molar-refractivity contribution in [2.24, 2.45) is 0 Å². The Morgan fingerprint density at radius 1 is 1.33 bits per heavy atom. The fourth-order valence-electron chi connectivity index (χ4n) is 0.772. The van der Waals surface area contributed by atoms with Gasteiger partial charge < -0.3 is 0 Å². The molecule has 0 spiro atoms. The van der Waals surface area contributed by atoms with Crippen molar-refractivity contribution in [3.63, 3.8) is 0 Å². The molecule has 0 saturated carbocycles. The third-order valence-electron chi connectivity index (χ3n) is 1.29. The molecule has 2 heteroatoms. The van der Waals surface area contributed by atoms with E-state index in [0.717, 1.165) is 0 Å². The van der Waals surface area contributed by atoms with E-state index in [0.29, 0.717) is 0 Å². The second kappa shape index (κ2) is 3.95. The molecule has 0 heterocycles. The molecular weight excluding hydrogens is 338 g/mol. The summed E-state index contributed by atoms with van der Waals surface area (Å²) in [6.45, 7) is 0. The summed E-state index contributed by atoms with van der Waals surface area (Å²) in [5, 5.41) is 0. The molecule has 0 nitrogen and oxygen atoms in total. The largest absolute Gasteiger partial charge is 0.0834 e. The predicted molar refractivity (Wildman–Crippen MR) is 58.1 cm³/mol. The van der Waals surface area contributed by atoms with E-state index in [2.05, 4.69) is 57.3 Å². The molecule has 1 aliphatic carbocycles. The van der Waals surface area contributed by atoms with Crippen molar-refractivity contribution in [2.75, 3.05) is 0 Å². The molecule has 0 aromatic rings. The summed E-state index contributed by atoms with van der Waals surface area (Å²) >= 11 is 4.82. The zero-order valence-electron chi connectivity index (χ0n) is 5.03. The molecule has 0 unspecified atom stereocenters. The van der Waals surface area contributed by atoms with Gasteiger partial charge >= 0.3 is 0 Å². The van der Waals surface area contributed by atoms with Crippen LogP contribution in [0.15, 0.2) is 19.3 Å². The normalized spacial score (nSPS) is 20.2. The Hall–Kier alpha value is 0.940. The van der Waals surface area contributed by atoms with Gasteiger partial charge in [-0.25, -0.2) is 0 Å². The summed E-state index contributed by atoms with van der Waals surface area (Å²) in [4.78, 5) is 0. The first-order valence-corrected chi connectivity index (χ1v) is 5.17. The zero-order valence-corrected chi connectivity index (χ0v) is 9.35. The van der Waals surface area contributed by atoms with Gasteiger partial charge in [0.2, 0.25) is 0 Å². The van der Waals surface area contributed by atoms with Crippen molar-refractivity contribution in [3.8, 4) is 0 Å². The first-order valence-electron chi connectivity index (χ1n) is 3.01. The minimum atomic E-state index is 1.25. The van der Waals surface area contributed by atoms with Crippen LogP contribution in [-0.4, -0.2) is 0 Å². The van der Waals surface area contributed by atoms with Crippen LogP contribution in [0.2, 0.25) is 0 Å². The Morgan fingerprint density at radius 3 is 2.89 bits per heavy atom. The molecule has 0 aromatic heterocycles. The average Bonchev–Trinajstić information content (AvgIpc) is 1.99. The minimum absolute atomic E-state index is 1.25. The van der Waals surface area contributed by atoms with Crippen molar-refractivity contribution >= 4 is 45.2 Å². The van der Waals surface area contributed by atoms with Crippen LogP contribution in [0.5, 0.6) is 0 Å². The lowest BCUT2D eigenvalue weighted by molar-refractivity contribution is 0.872. The highest BCUT2D eigenvalue weighted by atomic mass is 127. The maximum atomic E-state index is 2.43. The van der Waals surface area contributed by atoms with Gasteiger partial charge in [-0.3, -0.25) is 0 Å². The van der Waals surface area contributed by atoms with Gasteiger partial charge in [0.05, 0.1) is 0 Å². The summed E-state index contributed by atoms with van der Waals surface area (Å²) in [5.74, 6) is 0. The lowest BCUT2D eigenvalue weighted by Gasteiger charge is -1.93. The van der Waals surface area contributed by atoms with E-state index in [-0.39, 0.29) is 0 Å². The summed E-state index contributed by atoms with van der Waals surface area (Å²) < 4.78 is 2.94. The minimum Gasteiger partial charge on any atom is -0.0834 e. The topological polar surface area (TPSA) is 0 Å². The second-order valence-corrected chi connectivity index (χ2v) is 4.51. The van der Waals surface area contributed by atoms with Gasteiger partial charge in [0, 0.05) is 7.16 Å². The second-order valence-electron chi connectivity index (χ2n) is 2.05. The van der Waals surface area contributed by atoms with Gasteiger partial charge in [0.25, 0.3) is 0 Å². The molecule has 50 valence electrons. The van der Waals surface area contributed by atoms with E-state index in [4.69, 9.17) is 0 Å². The maximum Gasteiger partial charge on any atom is 0.0219 e. The molecule has 0 radical (unpaired) electrons. The summed E-state index contributed by atoms with van der Waals surface area (Å²) in [6.07, 6.45) is 8.31. The van der Waals surface area contributed by atoms with Crippen LogP contribution in [-0.2, 0) is 0 Å². The Labute approximate surface area is 83.1 Å². The lowest BCUT2D eigenvalue weighted by atomic mass is 10.2. The number of hydrogen-bond donors (Lipinski definition) is 0. The Kier molecular flexibility index (Phi) is 3.53. The van der Waals surface area contributed by atoms with E-state index in [1.807, 2.05) is 0 Å². The first-order chi connectivity index (χ1) is 4.30.